The van der Waals surface area contributed by atoms with Gasteiger partial charge < -0.3 is 5.32 Å². The van der Waals surface area contributed by atoms with Crippen LogP contribution in [0.1, 0.15) is 25.6 Å². The molecule has 1 aromatic carbocycles. The Morgan fingerprint density at radius 2 is 1.80 bits per heavy atom. The minimum Gasteiger partial charge on any atom is -0.309 e. The summed E-state index contributed by atoms with van der Waals surface area (Å²) in [5.74, 6) is -0.196. The highest BCUT2D eigenvalue weighted by molar-refractivity contribution is 7.16. The minimum atomic E-state index is -0.196. The van der Waals surface area contributed by atoms with E-state index >= 15 is 0 Å². The third-order valence-corrected chi connectivity index (χ3v) is 3.89. The maximum Gasteiger partial charge on any atom is 0.123 e. The minimum absolute atomic E-state index is 0.138. The van der Waals surface area contributed by atoms with E-state index in [1.165, 1.54) is 17.0 Å². The van der Waals surface area contributed by atoms with Crippen molar-refractivity contribution < 1.29 is 4.39 Å². The number of hydrogen-bond acceptors (Lipinski definition) is 2. The van der Waals surface area contributed by atoms with E-state index in [9.17, 15) is 4.39 Å². The quantitative estimate of drug-likeness (QED) is 0.839. The highest BCUT2D eigenvalue weighted by atomic mass is 32.1. The Balaban J connectivity index is 1.99. The van der Waals surface area contributed by atoms with Crippen molar-refractivity contribution in [2.75, 3.05) is 6.54 Å². The monoisotopic (exact) mass is 289 g/mol. The van der Waals surface area contributed by atoms with Crippen LogP contribution in [-0.2, 0) is 0 Å². The maximum atomic E-state index is 12.9. The van der Waals surface area contributed by atoms with Crippen molar-refractivity contribution in [3.05, 3.63) is 53.2 Å². The van der Waals surface area contributed by atoms with E-state index in [-0.39, 0.29) is 11.4 Å². The summed E-state index contributed by atoms with van der Waals surface area (Å²) < 4.78 is 12.9. The maximum absolute atomic E-state index is 12.9. The number of hydrogen-bond donors (Lipinski definition) is 1. The molecule has 0 unspecified atom stereocenters. The lowest BCUT2D eigenvalue weighted by molar-refractivity contribution is 0.450. The molecule has 1 aromatic heterocycles. The summed E-state index contributed by atoms with van der Waals surface area (Å²) >= 11 is 1.71. The standard InChI is InChI=1S/C17H20FNS/c1-17(2,3)19-12-4-5-15-10-11-16(20-15)13-6-8-14(18)9-7-13/h4-11,19H,12H2,1-3H3. The van der Waals surface area contributed by atoms with Crippen molar-refractivity contribution in [1.82, 2.24) is 5.32 Å². The van der Waals surface area contributed by atoms with Gasteiger partial charge in [-0.1, -0.05) is 18.2 Å². The predicted octanol–water partition coefficient (Wildman–Crippen LogP) is 4.96. The van der Waals surface area contributed by atoms with Crippen LogP contribution in [0.5, 0.6) is 0 Å². The molecule has 0 saturated heterocycles. The van der Waals surface area contributed by atoms with Crippen LogP contribution in [0.15, 0.2) is 42.5 Å². The fourth-order valence-corrected chi connectivity index (χ4v) is 2.70. The van der Waals surface area contributed by atoms with Gasteiger partial charge in [0.2, 0.25) is 0 Å². The number of nitrogens with one attached hydrogen (secondary N) is 1. The molecule has 0 atom stereocenters. The molecule has 0 amide bonds. The zero-order chi connectivity index (χ0) is 14.6. The molecule has 2 rings (SSSR count). The Hall–Kier alpha value is -1.45. The third kappa shape index (κ3) is 4.58. The molecule has 0 radical (unpaired) electrons. The summed E-state index contributed by atoms with van der Waals surface area (Å²) in [7, 11) is 0. The molecule has 0 spiro atoms. The van der Waals surface area contributed by atoms with Crippen molar-refractivity contribution >= 4 is 17.4 Å². The second-order valence-corrected chi connectivity index (χ2v) is 6.86. The van der Waals surface area contributed by atoms with Crippen molar-refractivity contribution in [2.45, 2.75) is 26.3 Å². The van der Waals surface area contributed by atoms with Gasteiger partial charge in [-0.15, -0.1) is 11.3 Å². The van der Waals surface area contributed by atoms with Crippen LogP contribution >= 0.6 is 11.3 Å². The van der Waals surface area contributed by atoms with Crippen LogP contribution in [0, 0.1) is 5.82 Å². The number of rotatable bonds is 4. The average Bonchev–Trinajstić information content (AvgIpc) is 2.83. The average molecular weight is 289 g/mol. The Bertz CT molecular complexity index is 576. The van der Waals surface area contributed by atoms with Gasteiger partial charge in [0.05, 0.1) is 0 Å². The summed E-state index contributed by atoms with van der Waals surface area (Å²) in [5.41, 5.74) is 1.20. The highest BCUT2D eigenvalue weighted by Crippen LogP contribution is 2.28. The molecule has 0 bridgehead atoms. The van der Waals surface area contributed by atoms with Gasteiger partial charge in [0.15, 0.2) is 0 Å². The zero-order valence-electron chi connectivity index (χ0n) is 12.1. The Kier molecular flexibility index (Phi) is 4.73. The van der Waals surface area contributed by atoms with Gasteiger partial charge in [0.25, 0.3) is 0 Å². The van der Waals surface area contributed by atoms with E-state index in [0.717, 1.165) is 17.0 Å². The topological polar surface area (TPSA) is 12.0 Å². The van der Waals surface area contributed by atoms with Crippen molar-refractivity contribution in [1.29, 1.82) is 0 Å². The van der Waals surface area contributed by atoms with Crippen LogP contribution in [0.4, 0.5) is 4.39 Å². The molecule has 3 heteroatoms. The molecule has 2 aromatic rings. The summed E-state index contributed by atoms with van der Waals surface area (Å²) in [6.07, 6.45) is 4.25. The zero-order valence-corrected chi connectivity index (χ0v) is 12.9. The molecule has 0 aliphatic heterocycles. The van der Waals surface area contributed by atoms with Crippen LogP contribution in [0.2, 0.25) is 0 Å². The van der Waals surface area contributed by atoms with Crippen molar-refractivity contribution in [2.24, 2.45) is 0 Å². The summed E-state index contributed by atoms with van der Waals surface area (Å²) in [5, 5.41) is 3.41. The van der Waals surface area contributed by atoms with E-state index in [2.05, 4.69) is 50.4 Å². The van der Waals surface area contributed by atoms with Crippen LogP contribution in [-0.4, -0.2) is 12.1 Å². The van der Waals surface area contributed by atoms with Crippen LogP contribution < -0.4 is 5.32 Å². The largest absolute Gasteiger partial charge is 0.309 e. The van der Waals surface area contributed by atoms with E-state index < -0.39 is 0 Å². The molecule has 0 aliphatic carbocycles. The second-order valence-electron chi connectivity index (χ2n) is 5.74. The molecular weight excluding hydrogens is 269 g/mol. The molecule has 106 valence electrons. The SMILES string of the molecule is CC(C)(C)NCC=Cc1ccc(-c2ccc(F)cc2)s1. The molecule has 0 saturated carbocycles. The molecule has 20 heavy (non-hydrogen) atoms. The lowest BCUT2D eigenvalue weighted by Crippen LogP contribution is -2.35. The predicted molar refractivity (Wildman–Crippen MR) is 86.5 cm³/mol. The number of benzene rings is 1. The van der Waals surface area contributed by atoms with Gasteiger partial charge in [-0.25, -0.2) is 4.39 Å². The van der Waals surface area contributed by atoms with E-state index in [4.69, 9.17) is 0 Å². The smallest absolute Gasteiger partial charge is 0.123 e. The van der Waals surface area contributed by atoms with Crippen LogP contribution in [0.25, 0.3) is 16.5 Å². The van der Waals surface area contributed by atoms with Gasteiger partial charge in [-0.3, -0.25) is 0 Å². The van der Waals surface area contributed by atoms with E-state index in [0.29, 0.717) is 0 Å². The van der Waals surface area contributed by atoms with Gasteiger partial charge in [0.1, 0.15) is 5.82 Å². The normalized spacial score (nSPS) is 12.2. The third-order valence-electron chi connectivity index (χ3n) is 2.79. The van der Waals surface area contributed by atoms with E-state index in [1.807, 2.05) is 12.1 Å². The molecule has 1 nitrogen and oxygen atoms in total. The lowest BCUT2D eigenvalue weighted by Gasteiger charge is -2.18. The fourth-order valence-electron chi connectivity index (χ4n) is 1.75. The molecule has 0 aliphatic rings. The molecule has 1 N–H and O–H groups in total. The molecule has 0 fully saturated rings. The molecule has 1 heterocycles. The number of thiophene rings is 1. The first-order valence-corrected chi connectivity index (χ1v) is 7.53. The van der Waals surface area contributed by atoms with Crippen molar-refractivity contribution in [3.8, 4) is 10.4 Å². The fraction of sp³-hybridized carbons (Fsp3) is 0.294. The summed E-state index contributed by atoms with van der Waals surface area (Å²) in [4.78, 5) is 2.37. The first-order chi connectivity index (χ1) is 9.44. The summed E-state index contributed by atoms with van der Waals surface area (Å²) in [6.45, 7) is 7.31. The van der Waals surface area contributed by atoms with Gasteiger partial charge in [-0.05, 0) is 56.7 Å². The first-order valence-electron chi connectivity index (χ1n) is 6.71. The van der Waals surface area contributed by atoms with Crippen molar-refractivity contribution in [3.63, 3.8) is 0 Å². The Labute approximate surface area is 124 Å². The van der Waals surface area contributed by atoms with E-state index in [1.54, 1.807) is 11.3 Å². The Morgan fingerprint density at radius 1 is 1.10 bits per heavy atom. The molecular formula is C17H20FNS. The lowest BCUT2D eigenvalue weighted by atomic mass is 10.1. The Morgan fingerprint density at radius 3 is 2.45 bits per heavy atom. The van der Waals surface area contributed by atoms with Gasteiger partial charge >= 0.3 is 0 Å². The second kappa shape index (κ2) is 6.33. The van der Waals surface area contributed by atoms with Gasteiger partial charge in [0, 0.05) is 21.8 Å². The first kappa shape index (κ1) is 14.9. The van der Waals surface area contributed by atoms with Gasteiger partial charge in [-0.2, -0.15) is 0 Å². The van der Waals surface area contributed by atoms with Crippen LogP contribution in [0.3, 0.4) is 0 Å². The number of halogens is 1. The summed E-state index contributed by atoms with van der Waals surface area (Å²) in [6, 6.07) is 10.8. The highest BCUT2D eigenvalue weighted by Gasteiger charge is 2.06.